The highest BCUT2D eigenvalue weighted by atomic mass is 32.1. The maximum absolute atomic E-state index is 5.67. The van der Waals surface area contributed by atoms with Gasteiger partial charge in [-0.05, 0) is 55.7 Å². The summed E-state index contributed by atoms with van der Waals surface area (Å²) in [6, 6.07) is 32.6. The molecule has 3 aromatic rings. The normalized spacial score (nSPS) is 18.9. The average Bonchev–Trinajstić information content (AvgIpc) is 2.77. The predicted octanol–water partition coefficient (Wildman–Crippen LogP) is 5.42. The van der Waals surface area contributed by atoms with Crippen LogP contribution in [0.5, 0.6) is 0 Å². The first-order valence-electron chi connectivity index (χ1n) is 10.3. The SMILES string of the molecule is S=C(Nc1ccccc1)N[C@@H]1CCCC[C@H]1P(c1ccccc1)c1ccccc1. The smallest absolute Gasteiger partial charge is 0.171 e. The number of para-hydroxylation sites is 1. The summed E-state index contributed by atoms with van der Waals surface area (Å²) < 4.78 is 0. The summed E-state index contributed by atoms with van der Waals surface area (Å²) in [7, 11) is -0.448. The minimum Gasteiger partial charge on any atom is -0.359 e. The van der Waals surface area contributed by atoms with E-state index in [-0.39, 0.29) is 0 Å². The molecule has 29 heavy (non-hydrogen) atoms. The van der Waals surface area contributed by atoms with E-state index in [0.717, 1.165) is 10.8 Å². The Hall–Kier alpha value is -2.22. The number of anilines is 1. The van der Waals surface area contributed by atoms with Crippen molar-refractivity contribution in [2.45, 2.75) is 37.4 Å². The quantitative estimate of drug-likeness (QED) is 0.428. The van der Waals surface area contributed by atoms with Crippen LogP contribution in [0, 0.1) is 0 Å². The Bertz CT molecular complexity index is 862. The number of thiocarbonyl (C=S) groups is 1. The van der Waals surface area contributed by atoms with Gasteiger partial charge in [0.2, 0.25) is 0 Å². The number of hydrogen-bond acceptors (Lipinski definition) is 1. The van der Waals surface area contributed by atoms with Gasteiger partial charge in [0.15, 0.2) is 5.11 Å². The topological polar surface area (TPSA) is 24.1 Å². The molecule has 0 radical (unpaired) electrons. The first-order valence-corrected chi connectivity index (χ1v) is 12.1. The number of nitrogens with one attached hydrogen (secondary N) is 2. The molecule has 2 nitrogen and oxygen atoms in total. The standard InChI is InChI=1S/C25H27N2PS/c29-25(26-20-12-4-1-5-13-20)27-23-18-10-11-19-24(23)28(21-14-6-2-7-15-21)22-16-8-3-9-17-22/h1-9,12-17,23-24H,10-11,18-19H2,(H2,26,27,29)/t23-,24-/m1/s1. The van der Waals surface area contributed by atoms with Gasteiger partial charge in [0.05, 0.1) is 0 Å². The lowest BCUT2D eigenvalue weighted by atomic mass is 9.95. The maximum Gasteiger partial charge on any atom is 0.171 e. The van der Waals surface area contributed by atoms with Crippen LogP contribution in [0.3, 0.4) is 0 Å². The summed E-state index contributed by atoms with van der Waals surface area (Å²) in [5, 5.41) is 10.7. The van der Waals surface area contributed by atoms with Gasteiger partial charge in [-0.3, -0.25) is 0 Å². The van der Waals surface area contributed by atoms with E-state index in [1.807, 2.05) is 30.3 Å². The first-order chi connectivity index (χ1) is 14.3. The van der Waals surface area contributed by atoms with E-state index in [0.29, 0.717) is 11.7 Å². The van der Waals surface area contributed by atoms with Crippen LogP contribution < -0.4 is 21.2 Å². The van der Waals surface area contributed by atoms with Crippen molar-refractivity contribution in [3.63, 3.8) is 0 Å². The Morgan fingerprint density at radius 2 is 1.24 bits per heavy atom. The summed E-state index contributed by atoms with van der Waals surface area (Å²) in [6.45, 7) is 0. The molecule has 1 aliphatic carbocycles. The number of rotatable bonds is 5. The summed E-state index contributed by atoms with van der Waals surface area (Å²) in [4.78, 5) is 0. The van der Waals surface area contributed by atoms with Gasteiger partial charge in [0, 0.05) is 17.4 Å². The zero-order valence-electron chi connectivity index (χ0n) is 16.5. The molecule has 0 aromatic heterocycles. The highest BCUT2D eigenvalue weighted by Crippen LogP contribution is 2.46. The molecule has 3 aromatic carbocycles. The lowest BCUT2D eigenvalue weighted by Gasteiger charge is -2.39. The van der Waals surface area contributed by atoms with E-state index in [1.54, 1.807) is 0 Å². The molecule has 0 heterocycles. The molecule has 148 valence electrons. The lowest BCUT2D eigenvalue weighted by Crippen LogP contribution is -2.47. The monoisotopic (exact) mass is 418 g/mol. The lowest BCUT2D eigenvalue weighted by molar-refractivity contribution is 0.423. The van der Waals surface area contributed by atoms with E-state index in [1.165, 1.54) is 36.3 Å². The molecule has 1 fully saturated rings. The van der Waals surface area contributed by atoms with Gasteiger partial charge in [-0.15, -0.1) is 0 Å². The summed E-state index contributed by atoms with van der Waals surface area (Å²) >= 11 is 5.67. The van der Waals surface area contributed by atoms with Crippen molar-refractivity contribution >= 4 is 41.5 Å². The fraction of sp³-hybridized carbons (Fsp3) is 0.240. The molecule has 0 saturated heterocycles. The molecule has 4 heteroatoms. The molecule has 0 unspecified atom stereocenters. The Morgan fingerprint density at radius 3 is 1.83 bits per heavy atom. The van der Waals surface area contributed by atoms with Crippen molar-refractivity contribution in [2.75, 3.05) is 5.32 Å². The van der Waals surface area contributed by atoms with Crippen LogP contribution in [0.1, 0.15) is 25.7 Å². The molecule has 2 atom stereocenters. The molecule has 2 N–H and O–H groups in total. The molecular weight excluding hydrogens is 391 g/mol. The first kappa shape index (κ1) is 20.1. The van der Waals surface area contributed by atoms with Crippen LogP contribution in [0.15, 0.2) is 91.0 Å². The highest BCUT2D eigenvalue weighted by molar-refractivity contribution is 7.80. The van der Waals surface area contributed by atoms with E-state index in [9.17, 15) is 0 Å². The van der Waals surface area contributed by atoms with Crippen molar-refractivity contribution in [1.82, 2.24) is 5.32 Å². The van der Waals surface area contributed by atoms with Gasteiger partial charge >= 0.3 is 0 Å². The third kappa shape index (κ3) is 5.23. The van der Waals surface area contributed by atoms with Crippen LogP contribution in [-0.4, -0.2) is 16.8 Å². The Balaban J connectivity index is 1.57. The maximum atomic E-state index is 5.67. The Labute approximate surface area is 180 Å². The third-order valence-corrected chi connectivity index (χ3v) is 8.69. The fourth-order valence-electron chi connectivity index (χ4n) is 4.15. The van der Waals surface area contributed by atoms with Gasteiger partial charge in [-0.1, -0.05) is 91.7 Å². The van der Waals surface area contributed by atoms with Crippen molar-refractivity contribution in [3.05, 3.63) is 91.0 Å². The van der Waals surface area contributed by atoms with E-state index >= 15 is 0 Å². The summed E-state index contributed by atoms with van der Waals surface area (Å²) in [6.07, 6.45) is 4.95. The van der Waals surface area contributed by atoms with Crippen molar-refractivity contribution in [3.8, 4) is 0 Å². The molecule has 1 aliphatic rings. The minimum absolute atomic E-state index is 0.388. The predicted molar refractivity (Wildman–Crippen MR) is 131 cm³/mol. The summed E-state index contributed by atoms with van der Waals surface area (Å²) in [5.74, 6) is 0. The molecule has 0 bridgehead atoms. The van der Waals surface area contributed by atoms with Crippen LogP contribution in [0.25, 0.3) is 0 Å². The molecule has 0 amide bonds. The van der Waals surface area contributed by atoms with Crippen LogP contribution >= 0.6 is 20.1 Å². The second-order valence-electron chi connectivity index (χ2n) is 7.46. The second-order valence-corrected chi connectivity index (χ2v) is 10.3. The van der Waals surface area contributed by atoms with Crippen LogP contribution in [0.4, 0.5) is 5.69 Å². The van der Waals surface area contributed by atoms with Crippen molar-refractivity contribution in [1.29, 1.82) is 0 Å². The van der Waals surface area contributed by atoms with Gasteiger partial charge in [0.1, 0.15) is 0 Å². The van der Waals surface area contributed by atoms with Gasteiger partial charge < -0.3 is 10.6 Å². The Morgan fingerprint density at radius 1 is 0.724 bits per heavy atom. The van der Waals surface area contributed by atoms with Crippen molar-refractivity contribution in [2.24, 2.45) is 0 Å². The summed E-state index contributed by atoms with van der Waals surface area (Å²) in [5.41, 5.74) is 1.60. The van der Waals surface area contributed by atoms with E-state index in [4.69, 9.17) is 12.2 Å². The van der Waals surface area contributed by atoms with Gasteiger partial charge in [0.25, 0.3) is 0 Å². The third-order valence-electron chi connectivity index (χ3n) is 5.48. The van der Waals surface area contributed by atoms with E-state index < -0.39 is 7.92 Å². The highest BCUT2D eigenvalue weighted by Gasteiger charge is 2.33. The average molecular weight is 419 g/mol. The fourth-order valence-corrected chi connectivity index (χ4v) is 7.50. The van der Waals surface area contributed by atoms with E-state index in [2.05, 4.69) is 71.3 Å². The molecule has 4 rings (SSSR count). The molecule has 0 spiro atoms. The molecule has 0 aliphatic heterocycles. The van der Waals surface area contributed by atoms with Crippen LogP contribution in [0.2, 0.25) is 0 Å². The van der Waals surface area contributed by atoms with Crippen molar-refractivity contribution < 1.29 is 0 Å². The minimum atomic E-state index is -0.448. The van der Waals surface area contributed by atoms with Crippen LogP contribution in [-0.2, 0) is 0 Å². The molecular formula is C25H27N2PS. The Kier molecular flexibility index (Phi) is 6.92. The number of hydrogen-bond donors (Lipinski definition) is 2. The largest absolute Gasteiger partial charge is 0.359 e. The molecule has 1 saturated carbocycles. The second kappa shape index (κ2) is 10.0. The zero-order chi connectivity index (χ0) is 19.9. The zero-order valence-corrected chi connectivity index (χ0v) is 18.2. The van der Waals surface area contributed by atoms with Gasteiger partial charge in [-0.25, -0.2) is 0 Å². The number of benzene rings is 3. The van der Waals surface area contributed by atoms with Gasteiger partial charge in [-0.2, -0.15) is 0 Å².